The van der Waals surface area contributed by atoms with E-state index < -0.39 is 0 Å². The lowest BCUT2D eigenvalue weighted by Crippen LogP contribution is -2.37. The molecule has 5 rings (SSSR count). The molecule has 3 heterocycles. The fourth-order valence-electron chi connectivity index (χ4n) is 3.71. The molecular formula is C20H17ClN4S. The Balaban J connectivity index is 1.66. The number of nitrogens with zero attached hydrogens (tertiary/aromatic N) is 4. The summed E-state index contributed by atoms with van der Waals surface area (Å²) in [7, 11) is 0. The number of hydrogen-bond donors (Lipinski definition) is 0. The molecule has 0 fully saturated rings. The van der Waals surface area contributed by atoms with Gasteiger partial charge in [0.1, 0.15) is 11.7 Å². The van der Waals surface area contributed by atoms with Crippen LogP contribution in [-0.4, -0.2) is 26.4 Å². The third kappa shape index (κ3) is 2.63. The van der Waals surface area contributed by atoms with E-state index in [0.717, 1.165) is 41.1 Å². The van der Waals surface area contributed by atoms with Crippen molar-refractivity contribution in [2.75, 3.05) is 6.54 Å². The van der Waals surface area contributed by atoms with E-state index in [9.17, 15) is 0 Å². The summed E-state index contributed by atoms with van der Waals surface area (Å²) in [6.45, 7) is 1.86. The monoisotopic (exact) mass is 380 g/mol. The van der Waals surface area contributed by atoms with Gasteiger partial charge >= 0.3 is 0 Å². The topological polar surface area (TPSA) is 34.0 Å². The molecule has 4 nitrogen and oxygen atoms in total. The van der Waals surface area contributed by atoms with Crippen LogP contribution in [0.5, 0.6) is 0 Å². The van der Waals surface area contributed by atoms with Gasteiger partial charge < -0.3 is 0 Å². The first kappa shape index (κ1) is 16.0. The number of fused-ring (bicyclic) bond motifs is 2. The fourth-order valence-corrected chi connectivity index (χ4v) is 4.84. The highest BCUT2D eigenvalue weighted by atomic mass is 35.5. The minimum Gasteiger partial charge on any atom is -0.273 e. The molecule has 0 saturated carbocycles. The van der Waals surface area contributed by atoms with Gasteiger partial charge in [0, 0.05) is 28.6 Å². The Bertz CT molecular complexity index is 1070. The van der Waals surface area contributed by atoms with Crippen LogP contribution in [0.2, 0.25) is 5.02 Å². The first-order valence-corrected chi connectivity index (χ1v) is 9.90. The van der Waals surface area contributed by atoms with Crippen molar-refractivity contribution in [2.24, 2.45) is 0 Å². The van der Waals surface area contributed by atoms with Gasteiger partial charge in [-0.15, -0.1) is 16.4 Å². The van der Waals surface area contributed by atoms with Crippen molar-refractivity contribution < 1.29 is 0 Å². The number of benzene rings is 2. The summed E-state index contributed by atoms with van der Waals surface area (Å²) in [5, 5.41) is 11.8. The summed E-state index contributed by atoms with van der Waals surface area (Å²) in [6, 6.07) is 18.4. The second-order valence-corrected chi connectivity index (χ2v) is 7.92. The highest BCUT2D eigenvalue weighted by molar-refractivity contribution is 7.10. The molecule has 4 aromatic rings. The average molecular weight is 381 g/mol. The molecule has 0 N–H and O–H groups in total. The standard InChI is InChI=1S/C20H17ClN4S/c21-16-6-2-1-5-15(16)20(24-11-9-19-14(13-24)10-12-26-19)25-18-8-4-3-7-17(18)22-23-25/h1-8,10,12,20H,9,11,13H2. The summed E-state index contributed by atoms with van der Waals surface area (Å²) in [5.74, 6) is 0. The fraction of sp³-hybridized carbons (Fsp3) is 0.200. The van der Waals surface area contributed by atoms with Crippen LogP contribution in [0, 0.1) is 0 Å². The number of rotatable bonds is 3. The Hall–Kier alpha value is -2.21. The number of thiophene rings is 1. The van der Waals surface area contributed by atoms with Gasteiger partial charge in [-0.3, -0.25) is 4.90 Å². The van der Waals surface area contributed by atoms with E-state index in [0.29, 0.717) is 0 Å². The maximum atomic E-state index is 6.60. The van der Waals surface area contributed by atoms with Crippen LogP contribution >= 0.6 is 22.9 Å². The van der Waals surface area contributed by atoms with Gasteiger partial charge in [-0.25, -0.2) is 4.68 Å². The van der Waals surface area contributed by atoms with Crippen molar-refractivity contribution in [3.8, 4) is 0 Å². The van der Waals surface area contributed by atoms with Gasteiger partial charge in [-0.05, 0) is 41.6 Å². The van der Waals surface area contributed by atoms with Crippen LogP contribution in [0.4, 0.5) is 0 Å². The first-order valence-electron chi connectivity index (χ1n) is 8.65. The quantitative estimate of drug-likeness (QED) is 0.514. The van der Waals surface area contributed by atoms with Crippen molar-refractivity contribution in [2.45, 2.75) is 19.1 Å². The highest BCUT2D eigenvalue weighted by Crippen LogP contribution is 2.35. The Morgan fingerprint density at radius 3 is 2.81 bits per heavy atom. The van der Waals surface area contributed by atoms with Gasteiger partial charge in [-0.2, -0.15) is 0 Å². The molecule has 2 aromatic carbocycles. The average Bonchev–Trinajstić information content (AvgIpc) is 3.30. The van der Waals surface area contributed by atoms with E-state index in [2.05, 4.69) is 38.8 Å². The molecular weight excluding hydrogens is 364 g/mol. The van der Waals surface area contributed by atoms with Crippen LogP contribution in [0.1, 0.15) is 22.2 Å². The maximum absolute atomic E-state index is 6.60. The van der Waals surface area contributed by atoms with Gasteiger partial charge in [-0.1, -0.05) is 47.1 Å². The van der Waals surface area contributed by atoms with Gasteiger partial charge in [0.05, 0.1) is 5.52 Å². The van der Waals surface area contributed by atoms with Crippen molar-refractivity contribution in [3.63, 3.8) is 0 Å². The minimum atomic E-state index is -0.0795. The predicted molar refractivity (Wildman–Crippen MR) is 106 cm³/mol. The molecule has 0 bridgehead atoms. The molecule has 0 spiro atoms. The molecule has 0 amide bonds. The lowest BCUT2D eigenvalue weighted by molar-refractivity contribution is 0.146. The van der Waals surface area contributed by atoms with Crippen molar-refractivity contribution in [1.29, 1.82) is 0 Å². The van der Waals surface area contributed by atoms with E-state index >= 15 is 0 Å². The van der Waals surface area contributed by atoms with Crippen LogP contribution < -0.4 is 0 Å². The summed E-state index contributed by atoms with van der Waals surface area (Å²) >= 11 is 8.45. The van der Waals surface area contributed by atoms with Crippen molar-refractivity contribution in [1.82, 2.24) is 19.9 Å². The van der Waals surface area contributed by atoms with E-state index in [1.165, 1.54) is 10.4 Å². The normalized spacial score (nSPS) is 15.9. The second kappa shape index (κ2) is 6.50. The van der Waals surface area contributed by atoms with E-state index in [1.54, 1.807) is 0 Å². The largest absolute Gasteiger partial charge is 0.273 e. The summed E-state index contributed by atoms with van der Waals surface area (Å²) in [6.07, 6.45) is 0.977. The lowest BCUT2D eigenvalue weighted by Gasteiger charge is -2.35. The van der Waals surface area contributed by atoms with Gasteiger partial charge in [0.15, 0.2) is 0 Å². The zero-order chi connectivity index (χ0) is 17.5. The number of para-hydroxylation sites is 1. The molecule has 2 aromatic heterocycles. The molecule has 0 radical (unpaired) electrons. The van der Waals surface area contributed by atoms with Gasteiger partial charge in [0.2, 0.25) is 0 Å². The Kier molecular flexibility index (Phi) is 4.00. The minimum absolute atomic E-state index is 0.0795. The molecule has 1 aliphatic heterocycles. The van der Waals surface area contributed by atoms with Crippen LogP contribution in [0.25, 0.3) is 11.0 Å². The molecule has 6 heteroatoms. The number of aromatic nitrogens is 3. The highest BCUT2D eigenvalue weighted by Gasteiger charge is 2.30. The summed E-state index contributed by atoms with van der Waals surface area (Å²) in [4.78, 5) is 3.93. The van der Waals surface area contributed by atoms with Gasteiger partial charge in [0.25, 0.3) is 0 Å². The lowest BCUT2D eigenvalue weighted by atomic mass is 10.1. The molecule has 1 unspecified atom stereocenters. The smallest absolute Gasteiger partial charge is 0.134 e. The van der Waals surface area contributed by atoms with Crippen LogP contribution in [0.3, 0.4) is 0 Å². The van der Waals surface area contributed by atoms with Crippen LogP contribution in [0.15, 0.2) is 60.0 Å². The Labute approximate surface area is 160 Å². The maximum Gasteiger partial charge on any atom is 0.134 e. The zero-order valence-corrected chi connectivity index (χ0v) is 15.6. The Morgan fingerprint density at radius 2 is 1.88 bits per heavy atom. The van der Waals surface area contributed by atoms with Crippen molar-refractivity contribution in [3.05, 3.63) is 81.0 Å². The second-order valence-electron chi connectivity index (χ2n) is 6.51. The summed E-state index contributed by atoms with van der Waals surface area (Å²) in [5.41, 5.74) is 4.39. The molecule has 1 aliphatic rings. The first-order chi connectivity index (χ1) is 12.8. The predicted octanol–water partition coefficient (Wildman–Crippen LogP) is 4.75. The molecule has 26 heavy (non-hydrogen) atoms. The number of halogens is 1. The van der Waals surface area contributed by atoms with E-state index in [1.807, 2.05) is 52.4 Å². The summed E-state index contributed by atoms with van der Waals surface area (Å²) < 4.78 is 2.01. The van der Waals surface area contributed by atoms with E-state index in [-0.39, 0.29) is 6.17 Å². The molecule has 130 valence electrons. The molecule has 1 atom stereocenters. The van der Waals surface area contributed by atoms with Crippen molar-refractivity contribution >= 4 is 34.0 Å². The SMILES string of the molecule is Clc1ccccc1C(N1CCc2sccc2C1)n1nnc2ccccc21. The molecule has 0 saturated heterocycles. The van der Waals surface area contributed by atoms with Crippen LogP contribution in [-0.2, 0) is 13.0 Å². The number of hydrogen-bond acceptors (Lipinski definition) is 4. The molecule has 0 aliphatic carbocycles. The zero-order valence-electron chi connectivity index (χ0n) is 14.0. The third-order valence-electron chi connectivity index (χ3n) is 4.98. The third-order valence-corrected chi connectivity index (χ3v) is 6.34. The van der Waals surface area contributed by atoms with E-state index in [4.69, 9.17) is 11.6 Å². The Morgan fingerprint density at radius 1 is 1.04 bits per heavy atom.